The maximum Gasteiger partial charge on any atom is 0.255 e. The molecular formula is C19H20N2O2. The second-order valence-corrected chi connectivity index (χ2v) is 6.07. The van der Waals surface area contributed by atoms with Crippen molar-refractivity contribution in [2.75, 3.05) is 6.54 Å². The van der Waals surface area contributed by atoms with Crippen LogP contribution in [0.5, 0.6) is 0 Å². The van der Waals surface area contributed by atoms with Crippen LogP contribution in [0.4, 0.5) is 0 Å². The van der Waals surface area contributed by atoms with Crippen molar-refractivity contribution in [3.05, 3.63) is 59.2 Å². The molecule has 2 aromatic rings. The van der Waals surface area contributed by atoms with Crippen LogP contribution in [0.25, 0.3) is 11.1 Å². The molecule has 2 N–H and O–H groups in total. The molecule has 0 aromatic heterocycles. The first-order valence-corrected chi connectivity index (χ1v) is 7.76. The number of amides is 2. The summed E-state index contributed by atoms with van der Waals surface area (Å²) in [5, 5.41) is 0. The van der Waals surface area contributed by atoms with Crippen molar-refractivity contribution in [3.8, 4) is 11.1 Å². The lowest BCUT2D eigenvalue weighted by Gasteiger charge is -2.39. The van der Waals surface area contributed by atoms with E-state index in [1.807, 2.05) is 56.3 Å². The van der Waals surface area contributed by atoms with Gasteiger partial charge in [-0.2, -0.15) is 0 Å². The number of benzene rings is 2. The van der Waals surface area contributed by atoms with Gasteiger partial charge < -0.3 is 10.6 Å². The molecular weight excluding hydrogens is 288 g/mol. The zero-order valence-corrected chi connectivity index (χ0v) is 13.4. The van der Waals surface area contributed by atoms with Crippen LogP contribution in [0, 0.1) is 13.8 Å². The first-order chi connectivity index (χ1) is 11.0. The molecule has 3 rings (SSSR count). The van der Waals surface area contributed by atoms with Gasteiger partial charge in [-0.05, 0) is 37.0 Å². The number of hydrogen-bond acceptors (Lipinski definition) is 2. The molecule has 1 heterocycles. The molecule has 1 saturated heterocycles. The fraction of sp³-hybridized carbons (Fsp3) is 0.263. The third-order valence-corrected chi connectivity index (χ3v) is 4.46. The first kappa shape index (κ1) is 15.3. The van der Waals surface area contributed by atoms with Gasteiger partial charge in [0.25, 0.3) is 5.91 Å². The van der Waals surface area contributed by atoms with E-state index < -0.39 is 11.9 Å². The molecule has 0 aliphatic carbocycles. The maximum atomic E-state index is 12.9. The number of rotatable bonds is 3. The Morgan fingerprint density at radius 2 is 1.78 bits per heavy atom. The highest BCUT2D eigenvalue weighted by molar-refractivity contribution is 6.04. The third-order valence-electron chi connectivity index (χ3n) is 4.46. The highest BCUT2D eigenvalue weighted by atomic mass is 16.2. The molecule has 4 heteroatoms. The van der Waals surface area contributed by atoms with Crippen LogP contribution in [-0.4, -0.2) is 29.3 Å². The molecule has 23 heavy (non-hydrogen) atoms. The fourth-order valence-corrected chi connectivity index (χ4v) is 3.00. The molecule has 1 aliphatic heterocycles. The van der Waals surface area contributed by atoms with Gasteiger partial charge >= 0.3 is 0 Å². The zero-order chi connectivity index (χ0) is 16.6. The second-order valence-electron chi connectivity index (χ2n) is 6.07. The summed E-state index contributed by atoms with van der Waals surface area (Å²) >= 11 is 0. The normalized spacial score (nSPS) is 16.8. The van der Waals surface area contributed by atoms with Crippen LogP contribution in [0.2, 0.25) is 0 Å². The number of carbonyl (C=O) groups excluding carboxylic acids is 2. The smallest absolute Gasteiger partial charge is 0.255 e. The summed E-state index contributed by atoms with van der Waals surface area (Å²) in [7, 11) is 0. The molecule has 1 aliphatic rings. The number of nitrogens with zero attached hydrogens (tertiary/aromatic N) is 1. The van der Waals surface area contributed by atoms with E-state index in [-0.39, 0.29) is 5.91 Å². The standard InChI is InChI=1S/C19H20N2O2/c1-12-6-8-14(9-7-12)15-5-3-4-13(2)17(15)19(23)21-11-10-16(21)18(20)22/h3-9,16H,10-11H2,1-2H3,(H2,20,22). The number of primary amides is 1. The second kappa shape index (κ2) is 5.88. The van der Waals surface area contributed by atoms with Gasteiger partial charge in [0, 0.05) is 6.54 Å². The molecule has 0 saturated carbocycles. The Hall–Kier alpha value is -2.62. The highest BCUT2D eigenvalue weighted by Crippen LogP contribution is 2.30. The Labute approximate surface area is 135 Å². The minimum Gasteiger partial charge on any atom is -0.368 e. The van der Waals surface area contributed by atoms with Gasteiger partial charge in [0.15, 0.2) is 0 Å². The Morgan fingerprint density at radius 3 is 2.35 bits per heavy atom. The summed E-state index contributed by atoms with van der Waals surface area (Å²) in [6.45, 7) is 4.53. The third kappa shape index (κ3) is 2.72. The monoisotopic (exact) mass is 308 g/mol. The zero-order valence-electron chi connectivity index (χ0n) is 13.4. The molecule has 0 bridgehead atoms. The van der Waals surface area contributed by atoms with Crippen molar-refractivity contribution in [2.45, 2.75) is 26.3 Å². The number of nitrogens with two attached hydrogens (primary N) is 1. The summed E-state index contributed by atoms with van der Waals surface area (Å²) < 4.78 is 0. The minimum absolute atomic E-state index is 0.117. The molecule has 0 radical (unpaired) electrons. The van der Waals surface area contributed by atoms with Crippen LogP contribution in [0.1, 0.15) is 27.9 Å². The van der Waals surface area contributed by atoms with E-state index >= 15 is 0 Å². The van der Waals surface area contributed by atoms with Crippen LogP contribution >= 0.6 is 0 Å². The number of carbonyl (C=O) groups is 2. The number of hydrogen-bond donors (Lipinski definition) is 1. The van der Waals surface area contributed by atoms with Crippen LogP contribution in [-0.2, 0) is 4.79 Å². The predicted molar refractivity (Wildman–Crippen MR) is 90.0 cm³/mol. The van der Waals surface area contributed by atoms with Crippen molar-refractivity contribution < 1.29 is 9.59 Å². The summed E-state index contributed by atoms with van der Waals surface area (Å²) in [4.78, 5) is 25.9. The summed E-state index contributed by atoms with van der Waals surface area (Å²) in [5.41, 5.74) is 10.0. The molecule has 118 valence electrons. The molecule has 4 nitrogen and oxygen atoms in total. The van der Waals surface area contributed by atoms with Gasteiger partial charge in [0.05, 0.1) is 5.56 Å². The Kier molecular flexibility index (Phi) is 3.90. The summed E-state index contributed by atoms with van der Waals surface area (Å²) in [5.74, 6) is -0.552. The van der Waals surface area contributed by atoms with E-state index in [9.17, 15) is 9.59 Å². The average molecular weight is 308 g/mol. The van der Waals surface area contributed by atoms with Crippen LogP contribution in [0.15, 0.2) is 42.5 Å². The van der Waals surface area contributed by atoms with Crippen LogP contribution < -0.4 is 5.73 Å². The van der Waals surface area contributed by atoms with E-state index in [1.54, 1.807) is 4.90 Å². The van der Waals surface area contributed by atoms with Gasteiger partial charge in [0.2, 0.25) is 5.91 Å². The van der Waals surface area contributed by atoms with Gasteiger partial charge in [0.1, 0.15) is 6.04 Å². The number of likely N-dealkylation sites (tertiary alicyclic amines) is 1. The van der Waals surface area contributed by atoms with Crippen molar-refractivity contribution >= 4 is 11.8 Å². The molecule has 2 amide bonds. The van der Waals surface area contributed by atoms with Gasteiger partial charge in [-0.3, -0.25) is 9.59 Å². The van der Waals surface area contributed by atoms with Crippen molar-refractivity contribution in [2.24, 2.45) is 5.73 Å². The molecule has 1 fully saturated rings. The van der Waals surface area contributed by atoms with Crippen molar-refractivity contribution in [3.63, 3.8) is 0 Å². The molecule has 1 atom stereocenters. The highest BCUT2D eigenvalue weighted by Gasteiger charge is 2.37. The minimum atomic E-state index is -0.479. The summed E-state index contributed by atoms with van der Waals surface area (Å²) in [6.07, 6.45) is 0.646. The molecule has 1 unspecified atom stereocenters. The van der Waals surface area contributed by atoms with E-state index in [0.29, 0.717) is 18.5 Å². The SMILES string of the molecule is Cc1ccc(-c2cccc(C)c2C(=O)N2CCC2C(N)=O)cc1. The molecule has 0 spiro atoms. The largest absolute Gasteiger partial charge is 0.368 e. The fourth-order valence-electron chi connectivity index (χ4n) is 3.00. The van der Waals surface area contributed by atoms with E-state index in [4.69, 9.17) is 5.73 Å². The topological polar surface area (TPSA) is 63.4 Å². The van der Waals surface area contributed by atoms with E-state index in [0.717, 1.165) is 16.7 Å². The van der Waals surface area contributed by atoms with Crippen molar-refractivity contribution in [1.29, 1.82) is 0 Å². The average Bonchev–Trinajstić information content (AvgIpc) is 2.45. The predicted octanol–water partition coefficient (Wildman–Crippen LogP) is 2.67. The molecule has 2 aromatic carbocycles. The van der Waals surface area contributed by atoms with E-state index in [2.05, 4.69) is 0 Å². The Balaban J connectivity index is 2.03. The Bertz CT molecular complexity index is 765. The quantitative estimate of drug-likeness (QED) is 0.947. The maximum absolute atomic E-state index is 12.9. The first-order valence-electron chi connectivity index (χ1n) is 7.76. The van der Waals surface area contributed by atoms with Gasteiger partial charge in [-0.15, -0.1) is 0 Å². The Morgan fingerprint density at radius 1 is 1.09 bits per heavy atom. The van der Waals surface area contributed by atoms with Crippen molar-refractivity contribution in [1.82, 2.24) is 4.90 Å². The van der Waals surface area contributed by atoms with E-state index in [1.165, 1.54) is 5.56 Å². The lowest BCUT2D eigenvalue weighted by molar-refractivity contribution is -0.125. The van der Waals surface area contributed by atoms with Gasteiger partial charge in [-0.1, -0.05) is 48.0 Å². The lowest BCUT2D eigenvalue weighted by atomic mass is 9.92. The lowest BCUT2D eigenvalue weighted by Crippen LogP contribution is -2.57. The van der Waals surface area contributed by atoms with Crippen LogP contribution in [0.3, 0.4) is 0 Å². The summed E-state index contributed by atoms with van der Waals surface area (Å²) in [6, 6.07) is 13.4. The van der Waals surface area contributed by atoms with Gasteiger partial charge in [-0.25, -0.2) is 0 Å². The number of aryl methyl sites for hydroxylation is 2.